The monoisotopic (exact) mass is 431 g/mol. The van der Waals surface area contributed by atoms with E-state index in [4.69, 9.17) is 9.47 Å². The second-order valence-corrected chi connectivity index (χ2v) is 6.61. The molecule has 0 aliphatic carbocycles. The molecule has 4 aliphatic heterocycles. The summed E-state index contributed by atoms with van der Waals surface area (Å²) in [6, 6.07) is 0. The summed E-state index contributed by atoms with van der Waals surface area (Å²) < 4.78 is 10.8. The Kier molecular flexibility index (Phi) is 7.86. The number of nitrogens with zero attached hydrogens (tertiary/aromatic N) is 1. The first-order valence-electron chi connectivity index (χ1n) is 9.93. The lowest BCUT2D eigenvalue weighted by atomic mass is 10.1. The van der Waals surface area contributed by atoms with E-state index in [0.29, 0.717) is 6.42 Å². The number of ether oxygens (including phenoxy) is 2. The summed E-state index contributed by atoms with van der Waals surface area (Å²) in [4.78, 5) is 50.3. The van der Waals surface area contributed by atoms with Crippen LogP contribution in [-0.4, -0.2) is 41.2 Å². The predicted octanol–water partition coefficient (Wildman–Crippen LogP) is 2.93. The number of carbonyl (C=O) groups excluding carboxylic acids is 4. The Balaban J connectivity index is 1.83. The van der Waals surface area contributed by atoms with Crippen LogP contribution >= 0.6 is 0 Å². The molecule has 0 aromatic rings. The molecule has 1 unspecified atom stereocenters. The van der Waals surface area contributed by atoms with Crippen molar-refractivity contribution in [1.29, 1.82) is 0 Å². The minimum absolute atomic E-state index is 0.00251. The second kappa shape index (κ2) is 11.2. The van der Waals surface area contributed by atoms with Gasteiger partial charge < -0.3 is 9.47 Å². The van der Waals surface area contributed by atoms with Gasteiger partial charge in [-0.2, -0.15) is 0 Å². The third kappa shape index (κ3) is 5.89. The summed E-state index contributed by atoms with van der Waals surface area (Å²) in [5.41, 5.74) is -0.0895. The van der Waals surface area contributed by atoms with E-state index >= 15 is 0 Å². The summed E-state index contributed by atoms with van der Waals surface area (Å²) in [7, 11) is 0. The summed E-state index contributed by atoms with van der Waals surface area (Å²) in [5.74, 6) is -2.82. The van der Waals surface area contributed by atoms with Crippen LogP contribution in [0.5, 0.6) is 0 Å². The van der Waals surface area contributed by atoms with Gasteiger partial charge in [-0.3, -0.25) is 19.3 Å². The van der Waals surface area contributed by atoms with Crippen molar-refractivity contribution in [2.75, 3.05) is 6.61 Å². The van der Waals surface area contributed by atoms with E-state index in [2.05, 4.69) is 0 Å². The van der Waals surface area contributed by atoms with Gasteiger partial charge in [0.05, 0.1) is 6.61 Å². The van der Waals surface area contributed by atoms with Gasteiger partial charge in [0.25, 0.3) is 5.78 Å². The minimum atomic E-state index is -0.927. The van der Waals surface area contributed by atoms with Crippen molar-refractivity contribution in [2.24, 2.45) is 0 Å². The third-order valence-electron chi connectivity index (χ3n) is 4.33. The van der Waals surface area contributed by atoms with Crippen LogP contribution in [0.25, 0.3) is 0 Å². The van der Waals surface area contributed by atoms with Crippen LogP contribution in [0, 0.1) is 0 Å². The lowest BCUT2D eigenvalue weighted by Crippen LogP contribution is -2.51. The Hall–Kier alpha value is -4.26. The molecule has 7 nitrogen and oxygen atoms in total. The Morgan fingerprint density at radius 3 is 2.22 bits per heavy atom. The Bertz CT molecular complexity index is 1060. The highest BCUT2D eigenvalue weighted by Gasteiger charge is 2.42. The number of rotatable bonds is 0. The van der Waals surface area contributed by atoms with E-state index in [9.17, 15) is 19.2 Å². The van der Waals surface area contributed by atoms with Crippen LogP contribution in [0.15, 0.2) is 109 Å². The fourth-order valence-corrected chi connectivity index (χ4v) is 2.83. The molecule has 1 amide bonds. The molecule has 1 atom stereocenters. The number of ketones is 2. The van der Waals surface area contributed by atoms with Gasteiger partial charge in [-0.25, -0.2) is 4.79 Å². The van der Waals surface area contributed by atoms with Crippen LogP contribution < -0.4 is 0 Å². The highest BCUT2D eigenvalue weighted by atomic mass is 16.5. The SMILES string of the molecule is O=C1C=CC=CC=CC=CC=CC=C2OC3C=CC=C(C(=O)OCCC=C1)N3C(=O)C2=O. The molecule has 0 spiro atoms. The van der Waals surface area contributed by atoms with Gasteiger partial charge in [-0.1, -0.05) is 66.8 Å². The van der Waals surface area contributed by atoms with Gasteiger partial charge in [0.15, 0.2) is 17.8 Å². The van der Waals surface area contributed by atoms with E-state index in [1.807, 2.05) is 0 Å². The molecule has 4 heterocycles. The normalized spacial score (nSPS) is 22.0. The lowest BCUT2D eigenvalue weighted by molar-refractivity contribution is -0.159. The van der Waals surface area contributed by atoms with Gasteiger partial charge in [-0.15, -0.1) is 0 Å². The molecule has 0 aromatic carbocycles. The average Bonchev–Trinajstić information content (AvgIpc) is 2.79. The average molecular weight is 431 g/mol. The minimum Gasteiger partial charge on any atom is -0.462 e. The fourth-order valence-electron chi connectivity index (χ4n) is 2.83. The van der Waals surface area contributed by atoms with Crippen molar-refractivity contribution in [3.8, 4) is 0 Å². The zero-order valence-corrected chi connectivity index (χ0v) is 17.1. The number of fused-ring (bicyclic) bond motifs is 12. The maximum atomic E-state index is 12.6. The molecule has 32 heavy (non-hydrogen) atoms. The molecule has 0 saturated carbocycles. The first-order valence-corrected chi connectivity index (χ1v) is 9.93. The van der Waals surface area contributed by atoms with E-state index in [0.717, 1.165) is 4.90 Å². The summed E-state index contributed by atoms with van der Waals surface area (Å²) in [6.45, 7) is 0.00251. The first-order chi connectivity index (χ1) is 15.6. The van der Waals surface area contributed by atoms with E-state index < -0.39 is 23.9 Å². The highest BCUT2D eigenvalue weighted by Crippen LogP contribution is 2.26. The van der Waals surface area contributed by atoms with Gasteiger partial charge in [-0.05, 0) is 36.8 Å². The van der Waals surface area contributed by atoms with Crippen molar-refractivity contribution in [1.82, 2.24) is 4.90 Å². The van der Waals surface area contributed by atoms with Crippen molar-refractivity contribution < 1.29 is 28.7 Å². The molecule has 0 N–H and O–H groups in total. The van der Waals surface area contributed by atoms with Crippen LogP contribution in [0.2, 0.25) is 0 Å². The third-order valence-corrected chi connectivity index (χ3v) is 4.33. The van der Waals surface area contributed by atoms with Gasteiger partial charge >= 0.3 is 11.9 Å². The number of Topliss-reactive ketones (excluding diaryl/α,β-unsaturated/α-hetero) is 1. The van der Waals surface area contributed by atoms with Crippen LogP contribution in [0.3, 0.4) is 0 Å². The van der Waals surface area contributed by atoms with E-state index in [1.54, 1.807) is 72.9 Å². The number of hydrogen-bond donors (Lipinski definition) is 0. The molecule has 4 rings (SSSR count). The molecule has 1 fully saturated rings. The van der Waals surface area contributed by atoms with Crippen LogP contribution in [0.1, 0.15) is 6.42 Å². The number of hydrogen-bond acceptors (Lipinski definition) is 6. The van der Waals surface area contributed by atoms with Gasteiger partial charge in [0.2, 0.25) is 0 Å². The fraction of sp³-hybridized carbons (Fsp3) is 0.120. The molecular weight excluding hydrogens is 410 g/mol. The molecular formula is C25H21NO6. The molecule has 1 saturated heterocycles. The molecule has 162 valence electrons. The molecule has 0 aromatic heterocycles. The Labute approximate surface area is 185 Å². The summed E-state index contributed by atoms with van der Waals surface area (Å²) >= 11 is 0. The maximum absolute atomic E-state index is 12.6. The number of carbonyl (C=O) groups is 4. The number of allylic oxidation sites excluding steroid dienone is 14. The van der Waals surface area contributed by atoms with Gasteiger partial charge in [0, 0.05) is 0 Å². The highest BCUT2D eigenvalue weighted by molar-refractivity contribution is 6.43. The lowest BCUT2D eigenvalue weighted by Gasteiger charge is -2.36. The Morgan fingerprint density at radius 2 is 1.47 bits per heavy atom. The second-order valence-electron chi connectivity index (χ2n) is 6.61. The topological polar surface area (TPSA) is 90.0 Å². The van der Waals surface area contributed by atoms with Crippen molar-refractivity contribution in [3.05, 3.63) is 109 Å². The zero-order chi connectivity index (χ0) is 22.8. The standard InChI is InChI=1S/C25H21NO6/c27-19-13-8-6-4-2-1-3-5-7-9-16-21-23(28)24(29)26-20(15-12-17-22(26)32-21)25(30)31-18-11-10-14-19/h1-10,12-17,22H,11,18H2. The maximum Gasteiger partial charge on any atom is 0.355 e. The van der Waals surface area contributed by atoms with Crippen molar-refractivity contribution in [2.45, 2.75) is 12.6 Å². The summed E-state index contributed by atoms with van der Waals surface area (Å²) in [5, 5.41) is 0. The largest absolute Gasteiger partial charge is 0.462 e. The predicted molar refractivity (Wildman–Crippen MR) is 117 cm³/mol. The van der Waals surface area contributed by atoms with E-state index in [1.165, 1.54) is 24.3 Å². The smallest absolute Gasteiger partial charge is 0.355 e. The number of amides is 1. The van der Waals surface area contributed by atoms with Gasteiger partial charge in [0.1, 0.15) is 5.70 Å². The summed E-state index contributed by atoms with van der Waals surface area (Å²) in [6.07, 6.45) is 25.1. The van der Waals surface area contributed by atoms with E-state index in [-0.39, 0.29) is 23.8 Å². The molecule has 4 bridgehead atoms. The zero-order valence-electron chi connectivity index (χ0n) is 17.1. The van der Waals surface area contributed by atoms with Crippen molar-refractivity contribution in [3.63, 3.8) is 0 Å². The number of esters is 1. The Morgan fingerprint density at radius 1 is 0.781 bits per heavy atom. The van der Waals surface area contributed by atoms with Crippen LogP contribution in [-0.2, 0) is 28.7 Å². The molecule has 4 aliphatic rings. The van der Waals surface area contributed by atoms with Crippen molar-refractivity contribution >= 4 is 23.4 Å². The first kappa shape index (κ1) is 22.4. The molecule has 0 radical (unpaired) electrons. The van der Waals surface area contributed by atoms with Crippen LogP contribution in [0.4, 0.5) is 0 Å². The molecule has 7 heteroatoms. The quantitative estimate of drug-likeness (QED) is 0.433.